The van der Waals surface area contributed by atoms with Crippen molar-refractivity contribution in [1.82, 2.24) is 0 Å². The summed E-state index contributed by atoms with van der Waals surface area (Å²) in [4.78, 5) is 11.0. The summed E-state index contributed by atoms with van der Waals surface area (Å²) in [6.07, 6.45) is 2.31. The number of aryl methyl sites for hydroxylation is 1. The minimum atomic E-state index is -0.384. The second-order valence-corrected chi connectivity index (χ2v) is 5.81. The molecule has 3 heteroatoms. The van der Waals surface area contributed by atoms with E-state index in [0.717, 1.165) is 18.5 Å². The second-order valence-electron chi connectivity index (χ2n) is 5.81. The van der Waals surface area contributed by atoms with Gasteiger partial charge in [-0.25, -0.2) is 0 Å². The molecule has 0 spiro atoms. The molecule has 0 heterocycles. The molecule has 0 saturated heterocycles. The Balaban J connectivity index is 1.57. The molecular weight excluding hydrogens is 260 g/mol. The Bertz CT molecular complexity index is 643. The summed E-state index contributed by atoms with van der Waals surface area (Å²) in [5.41, 5.74) is 9.69. The maximum atomic E-state index is 11.0. The lowest BCUT2D eigenvalue weighted by Gasteiger charge is -2.37. The fraction of sp³-hybridized carbons (Fsp3) is 0.278. The van der Waals surface area contributed by atoms with Crippen LogP contribution in [0.2, 0.25) is 0 Å². The molecule has 0 bridgehead atoms. The van der Waals surface area contributed by atoms with E-state index >= 15 is 0 Å². The topological polar surface area (TPSA) is 55.1 Å². The van der Waals surface area contributed by atoms with Crippen LogP contribution >= 0.6 is 0 Å². The first-order valence-electron chi connectivity index (χ1n) is 7.35. The van der Waals surface area contributed by atoms with Crippen LogP contribution in [0.5, 0.6) is 0 Å². The molecule has 1 amide bonds. The van der Waals surface area contributed by atoms with E-state index in [2.05, 4.69) is 36.5 Å². The number of amides is 1. The van der Waals surface area contributed by atoms with Gasteiger partial charge in [0.05, 0.1) is 0 Å². The van der Waals surface area contributed by atoms with Gasteiger partial charge in [0.2, 0.25) is 5.91 Å². The smallest absolute Gasteiger partial charge is 0.248 e. The Hall–Kier alpha value is -2.29. The normalized spacial score (nSPS) is 20.6. The zero-order chi connectivity index (χ0) is 14.8. The number of nitrogens with one attached hydrogen (secondary N) is 1. The summed E-state index contributed by atoms with van der Waals surface area (Å²) in [7, 11) is 0. The molecule has 0 atom stereocenters. The van der Waals surface area contributed by atoms with E-state index in [-0.39, 0.29) is 5.91 Å². The summed E-state index contributed by atoms with van der Waals surface area (Å²) >= 11 is 0. The highest BCUT2D eigenvalue weighted by molar-refractivity contribution is 5.93. The first kappa shape index (κ1) is 13.7. The SMILES string of the molecule is Cc1ccccc1C1CC(Nc2ccc(C(N)=O)cc2)C1. The molecule has 2 aromatic carbocycles. The molecule has 0 unspecified atom stereocenters. The van der Waals surface area contributed by atoms with Gasteiger partial charge in [-0.2, -0.15) is 0 Å². The lowest BCUT2D eigenvalue weighted by molar-refractivity contribution is 0.100. The summed E-state index contributed by atoms with van der Waals surface area (Å²) in [6, 6.07) is 16.5. The van der Waals surface area contributed by atoms with Crippen molar-refractivity contribution >= 4 is 11.6 Å². The molecule has 0 aromatic heterocycles. The number of hydrogen-bond acceptors (Lipinski definition) is 2. The van der Waals surface area contributed by atoms with Gasteiger partial charge >= 0.3 is 0 Å². The number of rotatable bonds is 4. The van der Waals surface area contributed by atoms with Crippen molar-refractivity contribution < 1.29 is 4.79 Å². The number of benzene rings is 2. The van der Waals surface area contributed by atoms with Crippen molar-refractivity contribution in [3.8, 4) is 0 Å². The van der Waals surface area contributed by atoms with Crippen LogP contribution in [-0.2, 0) is 0 Å². The van der Waals surface area contributed by atoms with Gasteiger partial charge in [0, 0.05) is 17.3 Å². The minimum Gasteiger partial charge on any atom is -0.382 e. The third-order valence-corrected chi connectivity index (χ3v) is 4.31. The van der Waals surface area contributed by atoms with E-state index < -0.39 is 0 Å². The summed E-state index contributed by atoms with van der Waals surface area (Å²) in [5.74, 6) is 0.276. The number of carbonyl (C=O) groups excluding carboxylic acids is 1. The Labute approximate surface area is 125 Å². The van der Waals surface area contributed by atoms with Crippen molar-refractivity contribution in [2.75, 3.05) is 5.32 Å². The van der Waals surface area contributed by atoms with E-state index in [0.29, 0.717) is 17.5 Å². The van der Waals surface area contributed by atoms with Crippen molar-refractivity contribution in [2.45, 2.75) is 31.7 Å². The fourth-order valence-corrected chi connectivity index (χ4v) is 3.00. The molecule has 108 valence electrons. The van der Waals surface area contributed by atoms with E-state index in [1.54, 1.807) is 12.1 Å². The molecule has 3 nitrogen and oxygen atoms in total. The van der Waals surface area contributed by atoms with Crippen molar-refractivity contribution in [3.05, 3.63) is 65.2 Å². The van der Waals surface area contributed by atoms with Crippen LogP contribution in [0.25, 0.3) is 0 Å². The summed E-state index contributed by atoms with van der Waals surface area (Å²) in [5, 5.41) is 3.51. The number of carbonyl (C=O) groups is 1. The fourth-order valence-electron chi connectivity index (χ4n) is 3.00. The molecule has 3 rings (SSSR count). The highest BCUT2D eigenvalue weighted by atomic mass is 16.1. The molecule has 21 heavy (non-hydrogen) atoms. The van der Waals surface area contributed by atoms with Crippen LogP contribution in [0.3, 0.4) is 0 Å². The van der Waals surface area contributed by atoms with Crippen LogP contribution in [-0.4, -0.2) is 11.9 Å². The first-order valence-corrected chi connectivity index (χ1v) is 7.35. The van der Waals surface area contributed by atoms with Crippen LogP contribution in [0.1, 0.15) is 40.2 Å². The van der Waals surface area contributed by atoms with Gasteiger partial charge in [0.25, 0.3) is 0 Å². The van der Waals surface area contributed by atoms with E-state index in [9.17, 15) is 4.79 Å². The van der Waals surface area contributed by atoms with Crippen LogP contribution < -0.4 is 11.1 Å². The number of nitrogens with two attached hydrogens (primary N) is 1. The van der Waals surface area contributed by atoms with Crippen LogP contribution in [0.4, 0.5) is 5.69 Å². The van der Waals surface area contributed by atoms with E-state index in [1.807, 2.05) is 12.1 Å². The van der Waals surface area contributed by atoms with Crippen molar-refractivity contribution in [1.29, 1.82) is 0 Å². The molecule has 1 saturated carbocycles. The maximum absolute atomic E-state index is 11.0. The van der Waals surface area contributed by atoms with Gasteiger partial charge in [0.15, 0.2) is 0 Å². The third kappa shape index (κ3) is 2.92. The van der Waals surface area contributed by atoms with Gasteiger partial charge in [0.1, 0.15) is 0 Å². The Morgan fingerprint density at radius 1 is 1.10 bits per heavy atom. The maximum Gasteiger partial charge on any atom is 0.248 e. The average Bonchev–Trinajstić information content (AvgIpc) is 2.44. The number of anilines is 1. The Morgan fingerprint density at radius 3 is 2.38 bits per heavy atom. The van der Waals surface area contributed by atoms with Gasteiger partial charge in [-0.15, -0.1) is 0 Å². The van der Waals surface area contributed by atoms with Crippen molar-refractivity contribution in [3.63, 3.8) is 0 Å². The Kier molecular flexibility index (Phi) is 3.65. The highest BCUT2D eigenvalue weighted by Crippen LogP contribution is 2.39. The molecule has 3 N–H and O–H groups in total. The van der Waals surface area contributed by atoms with Crippen LogP contribution in [0.15, 0.2) is 48.5 Å². The highest BCUT2D eigenvalue weighted by Gasteiger charge is 2.30. The number of hydrogen-bond donors (Lipinski definition) is 2. The number of primary amides is 1. The van der Waals surface area contributed by atoms with Crippen molar-refractivity contribution in [2.24, 2.45) is 5.73 Å². The standard InChI is InChI=1S/C18H20N2O/c1-12-4-2-3-5-17(12)14-10-16(11-14)20-15-8-6-13(7-9-15)18(19)21/h2-9,14,16,20H,10-11H2,1H3,(H2,19,21). The zero-order valence-corrected chi connectivity index (χ0v) is 12.2. The predicted molar refractivity (Wildman–Crippen MR) is 85.5 cm³/mol. The van der Waals surface area contributed by atoms with Gasteiger partial charge in [-0.1, -0.05) is 24.3 Å². The molecule has 1 fully saturated rings. The van der Waals surface area contributed by atoms with E-state index in [4.69, 9.17) is 5.73 Å². The molecule has 1 aliphatic carbocycles. The average molecular weight is 280 g/mol. The molecule has 1 aliphatic rings. The predicted octanol–water partition coefficient (Wildman–Crippen LogP) is 3.45. The third-order valence-electron chi connectivity index (χ3n) is 4.31. The lowest BCUT2D eigenvalue weighted by Crippen LogP contribution is -2.34. The molecular formula is C18H20N2O. The first-order chi connectivity index (χ1) is 10.1. The monoisotopic (exact) mass is 280 g/mol. The van der Waals surface area contributed by atoms with Crippen LogP contribution in [0, 0.1) is 6.92 Å². The zero-order valence-electron chi connectivity index (χ0n) is 12.2. The molecule has 0 aliphatic heterocycles. The lowest BCUT2D eigenvalue weighted by atomic mass is 9.74. The van der Waals surface area contributed by atoms with E-state index in [1.165, 1.54) is 11.1 Å². The summed E-state index contributed by atoms with van der Waals surface area (Å²) in [6.45, 7) is 2.18. The second kappa shape index (κ2) is 5.60. The minimum absolute atomic E-state index is 0.384. The van der Waals surface area contributed by atoms with Gasteiger partial charge in [-0.05, 0) is 61.1 Å². The van der Waals surface area contributed by atoms with Gasteiger partial charge < -0.3 is 11.1 Å². The quantitative estimate of drug-likeness (QED) is 0.901. The molecule has 0 radical (unpaired) electrons. The summed E-state index contributed by atoms with van der Waals surface area (Å²) < 4.78 is 0. The Morgan fingerprint density at radius 2 is 1.76 bits per heavy atom. The largest absolute Gasteiger partial charge is 0.382 e. The molecule has 2 aromatic rings. The van der Waals surface area contributed by atoms with Gasteiger partial charge in [-0.3, -0.25) is 4.79 Å².